The highest BCUT2D eigenvalue weighted by Crippen LogP contribution is 2.50. The highest BCUT2D eigenvalue weighted by atomic mass is 32.2. The van der Waals surface area contributed by atoms with Crippen LogP contribution in [0.5, 0.6) is 0 Å². The molecule has 4 nitrogen and oxygen atoms in total. The molecule has 0 saturated heterocycles. The predicted molar refractivity (Wildman–Crippen MR) is 73.7 cm³/mol. The van der Waals surface area contributed by atoms with Gasteiger partial charge in [0.05, 0.1) is 12.2 Å². The van der Waals surface area contributed by atoms with Crippen molar-refractivity contribution >= 4 is 23.6 Å². The second-order valence-corrected chi connectivity index (χ2v) is 6.58. The number of thioether (sulfide) groups is 1. The average Bonchev–Trinajstić information content (AvgIpc) is 2.96. The van der Waals surface area contributed by atoms with E-state index >= 15 is 0 Å². The van der Waals surface area contributed by atoms with Gasteiger partial charge >= 0.3 is 5.97 Å². The van der Waals surface area contributed by atoms with Gasteiger partial charge in [-0.25, -0.2) is 0 Å². The SMILES string of the molecule is CC(C)CCNC(=O)CSCC1(CC(=O)O)CC1. The van der Waals surface area contributed by atoms with Gasteiger partial charge in [0.2, 0.25) is 5.91 Å². The van der Waals surface area contributed by atoms with Crippen LogP contribution in [-0.4, -0.2) is 35.0 Å². The molecule has 0 atom stereocenters. The normalized spacial score (nSPS) is 16.6. The lowest BCUT2D eigenvalue weighted by molar-refractivity contribution is -0.138. The molecule has 1 saturated carbocycles. The molecule has 2 N–H and O–H groups in total. The molecule has 0 aliphatic heterocycles. The molecule has 18 heavy (non-hydrogen) atoms. The molecule has 0 radical (unpaired) electrons. The van der Waals surface area contributed by atoms with Gasteiger partial charge < -0.3 is 10.4 Å². The minimum Gasteiger partial charge on any atom is -0.481 e. The Labute approximate surface area is 113 Å². The number of hydrogen-bond donors (Lipinski definition) is 2. The van der Waals surface area contributed by atoms with E-state index in [1.807, 2.05) is 0 Å². The summed E-state index contributed by atoms with van der Waals surface area (Å²) >= 11 is 1.56. The second kappa shape index (κ2) is 7.02. The van der Waals surface area contributed by atoms with E-state index in [-0.39, 0.29) is 17.7 Å². The van der Waals surface area contributed by atoms with Gasteiger partial charge in [-0.05, 0) is 36.3 Å². The number of carboxylic acids is 1. The highest BCUT2D eigenvalue weighted by Gasteiger charge is 2.44. The van der Waals surface area contributed by atoms with Crippen molar-refractivity contribution in [3.05, 3.63) is 0 Å². The van der Waals surface area contributed by atoms with Crippen LogP contribution in [0.25, 0.3) is 0 Å². The van der Waals surface area contributed by atoms with Gasteiger partial charge in [0, 0.05) is 6.54 Å². The van der Waals surface area contributed by atoms with Crippen LogP contribution in [0, 0.1) is 11.3 Å². The van der Waals surface area contributed by atoms with Crippen molar-refractivity contribution in [1.29, 1.82) is 0 Å². The molecular weight excluding hydrogens is 250 g/mol. The topological polar surface area (TPSA) is 66.4 Å². The fraction of sp³-hybridized carbons (Fsp3) is 0.846. The first-order chi connectivity index (χ1) is 8.43. The molecule has 1 aliphatic carbocycles. The summed E-state index contributed by atoms with van der Waals surface area (Å²) < 4.78 is 0. The summed E-state index contributed by atoms with van der Waals surface area (Å²) in [4.78, 5) is 22.2. The lowest BCUT2D eigenvalue weighted by Gasteiger charge is -2.12. The molecule has 0 spiro atoms. The third-order valence-electron chi connectivity index (χ3n) is 3.17. The van der Waals surface area contributed by atoms with Gasteiger partial charge in [0.25, 0.3) is 0 Å². The number of rotatable bonds is 9. The molecule has 104 valence electrons. The number of carboxylic acid groups (broad SMARTS) is 1. The van der Waals surface area contributed by atoms with E-state index in [1.54, 1.807) is 11.8 Å². The van der Waals surface area contributed by atoms with Gasteiger partial charge in [-0.1, -0.05) is 13.8 Å². The Balaban J connectivity index is 2.07. The largest absolute Gasteiger partial charge is 0.481 e. The summed E-state index contributed by atoms with van der Waals surface area (Å²) in [5, 5.41) is 11.7. The number of hydrogen-bond acceptors (Lipinski definition) is 3. The maximum absolute atomic E-state index is 11.5. The van der Waals surface area contributed by atoms with Crippen LogP contribution in [-0.2, 0) is 9.59 Å². The van der Waals surface area contributed by atoms with Crippen molar-refractivity contribution in [2.24, 2.45) is 11.3 Å². The summed E-state index contributed by atoms with van der Waals surface area (Å²) in [6.45, 7) is 4.99. The Kier molecular flexibility index (Phi) is 5.99. The Morgan fingerprint density at radius 2 is 2.06 bits per heavy atom. The zero-order chi connectivity index (χ0) is 13.6. The predicted octanol–water partition coefficient (Wildman–Crippen LogP) is 2.14. The van der Waals surface area contributed by atoms with Gasteiger partial charge in [0.15, 0.2) is 0 Å². The van der Waals surface area contributed by atoms with Crippen LogP contribution in [0.15, 0.2) is 0 Å². The lowest BCUT2D eigenvalue weighted by atomic mass is 10.1. The monoisotopic (exact) mass is 273 g/mol. The molecule has 0 aromatic rings. The highest BCUT2D eigenvalue weighted by molar-refractivity contribution is 7.99. The number of aliphatic carboxylic acids is 1. The van der Waals surface area contributed by atoms with Crippen LogP contribution < -0.4 is 5.32 Å². The molecule has 1 aliphatic rings. The first-order valence-corrected chi connectivity index (χ1v) is 7.65. The Morgan fingerprint density at radius 1 is 1.39 bits per heavy atom. The van der Waals surface area contributed by atoms with Crippen molar-refractivity contribution in [1.82, 2.24) is 5.32 Å². The summed E-state index contributed by atoms with van der Waals surface area (Å²) in [7, 11) is 0. The molecule has 0 bridgehead atoms. The van der Waals surface area contributed by atoms with E-state index in [0.29, 0.717) is 11.7 Å². The smallest absolute Gasteiger partial charge is 0.303 e. The van der Waals surface area contributed by atoms with Crippen molar-refractivity contribution in [3.63, 3.8) is 0 Å². The number of carbonyl (C=O) groups excluding carboxylic acids is 1. The molecule has 0 unspecified atom stereocenters. The molecule has 1 fully saturated rings. The summed E-state index contributed by atoms with van der Waals surface area (Å²) in [5.74, 6) is 1.17. The summed E-state index contributed by atoms with van der Waals surface area (Å²) in [6.07, 6.45) is 3.22. The fourth-order valence-electron chi connectivity index (χ4n) is 1.78. The van der Waals surface area contributed by atoms with E-state index in [0.717, 1.165) is 31.6 Å². The standard InChI is InChI=1S/C13H23NO3S/c1-10(2)3-6-14-11(15)8-18-9-13(4-5-13)7-12(16)17/h10H,3-9H2,1-2H3,(H,14,15)(H,16,17). The second-order valence-electron chi connectivity index (χ2n) is 5.60. The number of carbonyl (C=O) groups is 2. The molecule has 0 aromatic carbocycles. The molecule has 0 heterocycles. The van der Waals surface area contributed by atoms with Gasteiger partial charge in [-0.3, -0.25) is 9.59 Å². The minimum absolute atomic E-state index is 0.0191. The first-order valence-electron chi connectivity index (χ1n) is 6.50. The third kappa shape index (κ3) is 6.28. The van der Waals surface area contributed by atoms with Gasteiger partial charge in [-0.15, -0.1) is 0 Å². The van der Waals surface area contributed by atoms with Gasteiger partial charge in [0.1, 0.15) is 0 Å². The Hall–Kier alpha value is -0.710. The summed E-state index contributed by atoms with van der Waals surface area (Å²) in [5.41, 5.74) is -0.0191. The molecule has 1 amide bonds. The van der Waals surface area contributed by atoms with Crippen molar-refractivity contribution < 1.29 is 14.7 Å². The zero-order valence-electron chi connectivity index (χ0n) is 11.2. The van der Waals surface area contributed by atoms with Crippen molar-refractivity contribution in [3.8, 4) is 0 Å². The van der Waals surface area contributed by atoms with Crippen molar-refractivity contribution in [2.45, 2.75) is 39.5 Å². The average molecular weight is 273 g/mol. The van der Waals surface area contributed by atoms with Crippen LogP contribution in [0.2, 0.25) is 0 Å². The van der Waals surface area contributed by atoms with Gasteiger partial charge in [-0.2, -0.15) is 11.8 Å². The zero-order valence-corrected chi connectivity index (χ0v) is 12.0. The first kappa shape index (κ1) is 15.3. The maximum atomic E-state index is 11.5. The minimum atomic E-state index is -0.727. The van der Waals surface area contributed by atoms with E-state index in [9.17, 15) is 9.59 Å². The van der Waals surface area contributed by atoms with Crippen LogP contribution >= 0.6 is 11.8 Å². The quantitative estimate of drug-likeness (QED) is 0.675. The molecular formula is C13H23NO3S. The molecule has 5 heteroatoms. The lowest BCUT2D eigenvalue weighted by Crippen LogP contribution is -2.27. The Morgan fingerprint density at radius 3 is 2.56 bits per heavy atom. The van der Waals surface area contributed by atoms with E-state index in [4.69, 9.17) is 5.11 Å². The van der Waals surface area contributed by atoms with Crippen LogP contribution in [0.1, 0.15) is 39.5 Å². The third-order valence-corrected chi connectivity index (χ3v) is 4.45. The van der Waals surface area contributed by atoms with E-state index < -0.39 is 5.97 Å². The summed E-state index contributed by atoms with van der Waals surface area (Å²) in [6, 6.07) is 0. The molecule has 1 rings (SSSR count). The maximum Gasteiger partial charge on any atom is 0.303 e. The van der Waals surface area contributed by atoms with Crippen molar-refractivity contribution in [2.75, 3.05) is 18.1 Å². The van der Waals surface area contributed by atoms with E-state index in [1.165, 1.54) is 0 Å². The fourth-order valence-corrected chi connectivity index (χ4v) is 2.99. The van der Waals surface area contributed by atoms with E-state index in [2.05, 4.69) is 19.2 Å². The van der Waals surface area contributed by atoms with Crippen LogP contribution in [0.3, 0.4) is 0 Å². The molecule has 0 aromatic heterocycles. The number of nitrogens with one attached hydrogen (secondary N) is 1. The number of amides is 1. The van der Waals surface area contributed by atoms with Crippen LogP contribution in [0.4, 0.5) is 0 Å². The Bertz CT molecular complexity index is 301.